The molecule has 0 radical (unpaired) electrons. The van der Waals surface area contributed by atoms with Crippen molar-refractivity contribution < 1.29 is 9.90 Å². The van der Waals surface area contributed by atoms with Crippen LogP contribution in [-0.4, -0.2) is 16.5 Å². The zero-order valence-electron chi connectivity index (χ0n) is 14.8. The lowest BCUT2D eigenvalue weighted by Crippen LogP contribution is -2.37. The van der Waals surface area contributed by atoms with E-state index in [1.165, 1.54) is 16.7 Å². The maximum atomic E-state index is 12.6. The zero-order valence-corrected chi connectivity index (χ0v) is 14.8. The van der Waals surface area contributed by atoms with E-state index in [0.29, 0.717) is 18.1 Å². The molecule has 0 heterocycles. The highest BCUT2D eigenvalue weighted by Crippen LogP contribution is 2.57. The minimum atomic E-state index is -0.599. The third kappa shape index (κ3) is 2.31. The van der Waals surface area contributed by atoms with Crippen LogP contribution in [-0.2, 0) is 4.79 Å². The van der Waals surface area contributed by atoms with Crippen molar-refractivity contribution in [1.29, 1.82) is 0 Å². The Labute approximate surface area is 134 Å². The first kappa shape index (κ1) is 16.0. The fraction of sp³-hybridized carbons (Fsp3) is 0.750. The molecular weight excluding hydrogens is 272 g/mol. The maximum absolute atomic E-state index is 12.6. The van der Waals surface area contributed by atoms with Gasteiger partial charge in [0.05, 0.1) is 5.60 Å². The third-order valence-electron chi connectivity index (χ3n) is 6.69. The van der Waals surface area contributed by atoms with Gasteiger partial charge in [-0.05, 0) is 76.7 Å². The van der Waals surface area contributed by atoms with Gasteiger partial charge in [0.15, 0.2) is 5.78 Å². The molecular formula is C20H30O2. The number of fused-ring (bicyclic) bond motifs is 2. The van der Waals surface area contributed by atoms with Gasteiger partial charge in [-0.2, -0.15) is 0 Å². The normalized spacial score (nSPS) is 45.4. The molecule has 0 saturated heterocycles. The number of carbonyl (C=O) groups excluding carboxylic acids is 1. The smallest absolute Gasteiger partial charge is 0.159 e. The number of hydrogen-bond donors (Lipinski definition) is 1. The van der Waals surface area contributed by atoms with Gasteiger partial charge in [0.25, 0.3) is 0 Å². The van der Waals surface area contributed by atoms with E-state index >= 15 is 0 Å². The molecule has 2 fully saturated rings. The minimum Gasteiger partial charge on any atom is -0.390 e. The molecule has 4 unspecified atom stereocenters. The number of rotatable bonds is 0. The van der Waals surface area contributed by atoms with Gasteiger partial charge in [0.2, 0.25) is 0 Å². The minimum absolute atomic E-state index is 0.0225. The molecule has 3 aliphatic rings. The second kappa shape index (κ2) is 5.06. The Hall–Kier alpha value is -0.890. The van der Waals surface area contributed by atoms with E-state index in [0.717, 1.165) is 37.7 Å². The molecule has 0 spiro atoms. The Bertz CT molecular complexity index is 575. The summed E-state index contributed by atoms with van der Waals surface area (Å²) in [5.74, 6) is 0.966. The molecule has 0 bridgehead atoms. The predicted octanol–water partition coefficient (Wildman–Crippen LogP) is 4.58. The van der Waals surface area contributed by atoms with Crippen LogP contribution >= 0.6 is 0 Å². The summed E-state index contributed by atoms with van der Waals surface area (Å²) in [4.78, 5) is 12.6. The summed E-state index contributed by atoms with van der Waals surface area (Å²) in [6.07, 6.45) is 5.69. The van der Waals surface area contributed by atoms with E-state index in [2.05, 4.69) is 27.7 Å². The van der Waals surface area contributed by atoms with Crippen LogP contribution in [0.1, 0.15) is 73.1 Å². The molecule has 122 valence electrons. The third-order valence-corrected chi connectivity index (χ3v) is 6.69. The van der Waals surface area contributed by atoms with Crippen LogP contribution in [0.4, 0.5) is 0 Å². The zero-order chi connectivity index (χ0) is 16.3. The number of carbonyl (C=O) groups is 1. The molecule has 0 aliphatic heterocycles. The van der Waals surface area contributed by atoms with Crippen molar-refractivity contribution in [3.05, 3.63) is 22.3 Å². The molecule has 0 aromatic heterocycles. The second-order valence-corrected chi connectivity index (χ2v) is 8.68. The van der Waals surface area contributed by atoms with Gasteiger partial charge in [-0.25, -0.2) is 0 Å². The summed E-state index contributed by atoms with van der Waals surface area (Å²) >= 11 is 0. The van der Waals surface area contributed by atoms with Crippen LogP contribution < -0.4 is 0 Å². The summed E-state index contributed by atoms with van der Waals surface area (Å²) in [6, 6.07) is 0. The van der Waals surface area contributed by atoms with Gasteiger partial charge >= 0.3 is 0 Å². The number of aliphatic hydroxyl groups is 1. The molecule has 2 saturated carbocycles. The fourth-order valence-corrected chi connectivity index (χ4v) is 5.42. The summed E-state index contributed by atoms with van der Waals surface area (Å²) in [5, 5.41) is 10.9. The van der Waals surface area contributed by atoms with E-state index in [-0.39, 0.29) is 11.3 Å². The SMILES string of the molecule is CC(C)=C1C(=O)CC2(C)CC3/C(=C(/C)CCC12)CCC3(C)O. The lowest BCUT2D eigenvalue weighted by molar-refractivity contribution is -0.115. The van der Waals surface area contributed by atoms with Gasteiger partial charge in [-0.1, -0.05) is 23.6 Å². The van der Waals surface area contributed by atoms with Crippen LogP contribution in [0.15, 0.2) is 22.3 Å². The van der Waals surface area contributed by atoms with E-state index < -0.39 is 5.60 Å². The first-order chi connectivity index (χ1) is 10.2. The lowest BCUT2D eigenvalue weighted by Gasteiger charge is -2.40. The molecule has 2 nitrogen and oxygen atoms in total. The Morgan fingerprint density at radius 1 is 1.18 bits per heavy atom. The topological polar surface area (TPSA) is 37.3 Å². The molecule has 2 heteroatoms. The summed E-state index contributed by atoms with van der Waals surface area (Å²) in [5.41, 5.74) is 4.67. The van der Waals surface area contributed by atoms with Crippen molar-refractivity contribution in [2.24, 2.45) is 17.3 Å². The number of allylic oxidation sites excluding steroid dienone is 3. The van der Waals surface area contributed by atoms with Gasteiger partial charge in [-0.3, -0.25) is 4.79 Å². The largest absolute Gasteiger partial charge is 0.390 e. The Kier molecular flexibility index (Phi) is 3.67. The Morgan fingerprint density at radius 2 is 1.86 bits per heavy atom. The lowest BCUT2D eigenvalue weighted by atomic mass is 9.65. The van der Waals surface area contributed by atoms with Crippen molar-refractivity contribution in [3.63, 3.8) is 0 Å². The van der Waals surface area contributed by atoms with Gasteiger partial charge in [0, 0.05) is 12.3 Å². The van der Waals surface area contributed by atoms with Crippen LogP contribution in [0, 0.1) is 17.3 Å². The number of hydrogen-bond acceptors (Lipinski definition) is 2. The van der Waals surface area contributed by atoms with Crippen molar-refractivity contribution >= 4 is 5.78 Å². The summed E-state index contributed by atoms with van der Waals surface area (Å²) < 4.78 is 0. The standard InChI is InChI=1S/C20H30O2/c1-12(2)18-15-7-6-13(3)14-8-9-20(5,22)16(14)10-19(15,4)11-17(18)21/h15-16,22H,6-11H2,1-5H3/b14-13-. The fourth-order valence-electron chi connectivity index (χ4n) is 5.42. The monoisotopic (exact) mass is 302 g/mol. The summed E-state index contributed by atoms with van der Waals surface area (Å²) in [6.45, 7) is 10.7. The quantitative estimate of drug-likeness (QED) is 0.525. The van der Waals surface area contributed by atoms with Crippen molar-refractivity contribution in [2.75, 3.05) is 0 Å². The van der Waals surface area contributed by atoms with Crippen LogP contribution in [0.2, 0.25) is 0 Å². The molecule has 4 atom stereocenters. The van der Waals surface area contributed by atoms with Crippen molar-refractivity contribution in [3.8, 4) is 0 Å². The highest BCUT2D eigenvalue weighted by molar-refractivity contribution is 5.99. The van der Waals surface area contributed by atoms with E-state index in [4.69, 9.17) is 0 Å². The Balaban J connectivity index is 2.06. The van der Waals surface area contributed by atoms with Crippen molar-refractivity contribution in [1.82, 2.24) is 0 Å². The van der Waals surface area contributed by atoms with Gasteiger partial charge < -0.3 is 5.11 Å². The summed E-state index contributed by atoms with van der Waals surface area (Å²) in [7, 11) is 0. The maximum Gasteiger partial charge on any atom is 0.159 e. The average Bonchev–Trinajstić information content (AvgIpc) is 2.80. The van der Waals surface area contributed by atoms with Gasteiger partial charge in [0.1, 0.15) is 0 Å². The molecule has 3 rings (SSSR count). The van der Waals surface area contributed by atoms with E-state index in [9.17, 15) is 9.90 Å². The van der Waals surface area contributed by atoms with Crippen molar-refractivity contribution in [2.45, 2.75) is 78.7 Å². The second-order valence-electron chi connectivity index (χ2n) is 8.68. The molecule has 0 amide bonds. The predicted molar refractivity (Wildman–Crippen MR) is 89.5 cm³/mol. The number of ketones is 1. The molecule has 22 heavy (non-hydrogen) atoms. The molecule has 3 aliphatic carbocycles. The van der Waals surface area contributed by atoms with Crippen LogP contribution in [0.25, 0.3) is 0 Å². The Morgan fingerprint density at radius 3 is 2.50 bits per heavy atom. The highest BCUT2D eigenvalue weighted by atomic mass is 16.3. The highest BCUT2D eigenvalue weighted by Gasteiger charge is 2.52. The first-order valence-corrected chi connectivity index (χ1v) is 8.77. The van der Waals surface area contributed by atoms with E-state index in [1.54, 1.807) is 0 Å². The average molecular weight is 302 g/mol. The number of Topliss-reactive ketones (excluding diaryl/α,β-unsaturated/α-hetero) is 1. The van der Waals surface area contributed by atoms with Crippen LogP contribution in [0.5, 0.6) is 0 Å². The molecule has 0 aromatic carbocycles. The molecule has 1 N–H and O–H groups in total. The van der Waals surface area contributed by atoms with Crippen LogP contribution in [0.3, 0.4) is 0 Å². The first-order valence-electron chi connectivity index (χ1n) is 8.77. The molecule has 0 aromatic rings. The van der Waals surface area contributed by atoms with E-state index in [1.807, 2.05) is 6.92 Å². The van der Waals surface area contributed by atoms with Gasteiger partial charge in [-0.15, -0.1) is 0 Å².